The molecular weight excluding hydrogens is 741 g/mol. The van der Waals surface area contributed by atoms with E-state index in [-0.39, 0.29) is 35.3 Å². The van der Waals surface area contributed by atoms with Crippen LogP contribution in [0.15, 0.2) is 90.5 Å². The number of fused-ring (bicyclic) bond motifs is 4. The van der Waals surface area contributed by atoms with Crippen molar-refractivity contribution < 1.29 is 33.8 Å². The van der Waals surface area contributed by atoms with Crippen LogP contribution in [0.4, 0.5) is 11.4 Å². The van der Waals surface area contributed by atoms with E-state index in [1.807, 2.05) is 18.2 Å². The molecule has 12 heteroatoms. The van der Waals surface area contributed by atoms with Gasteiger partial charge < -0.3 is 9.84 Å². The fraction of sp³-hybridized carbons (Fsp3) is 0.279. The number of carbonyl (C=O) groups excluding carboxylic acids is 5. The van der Waals surface area contributed by atoms with Gasteiger partial charge in [0.05, 0.1) is 46.7 Å². The number of nitrogens with one attached hydrogen (secondary N) is 1. The number of ketones is 1. The maximum Gasteiger partial charge on any atom is 0.260 e. The highest BCUT2D eigenvalue weighted by Gasteiger charge is 2.70. The van der Waals surface area contributed by atoms with Crippen molar-refractivity contribution >= 4 is 64.0 Å². The number of carbonyl (C=O) groups is 5. The van der Waals surface area contributed by atoms with Gasteiger partial charge in [-0.25, -0.2) is 0 Å². The Kier molecular flexibility index (Phi) is 8.89. The number of phenols is 1. The second kappa shape index (κ2) is 13.4. The molecular formula is C43H37Cl2N3O7. The average Bonchev–Trinajstić information content (AvgIpc) is 3.55. The molecule has 0 radical (unpaired) electrons. The number of anilines is 2. The number of imide groups is 2. The number of aromatic hydroxyl groups is 1. The normalized spacial score (nSPS) is 25.7. The van der Waals surface area contributed by atoms with Crippen LogP contribution in [0.5, 0.6) is 11.5 Å². The lowest BCUT2D eigenvalue weighted by molar-refractivity contribution is -0.138. The highest BCUT2D eigenvalue weighted by Crippen LogP contribution is 2.64. The number of rotatable bonds is 7. The largest absolute Gasteiger partial charge is 0.507 e. The summed E-state index contributed by atoms with van der Waals surface area (Å²) >= 11 is 12.7. The monoisotopic (exact) mass is 777 g/mol. The van der Waals surface area contributed by atoms with Gasteiger partial charge in [0.1, 0.15) is 11.5 Å². The summed E-state index contributed by atoms with van der Waals surface area (Å²) in [7, 11) is 1.54. The van der Waals surface area contributed by atoms with Crippen molar-refractivity contribution in [3.8, 4) is 11.5 Å². The van der Waals surface area contributed by atoms with Gasteiger partial charge >= 0.3 is 0 Å². The molecule has 280 valence electrons. The van der Waals surface area contributed by atoms with E-state index in [9.17, 15) is 24.3 Å². The predicted molar refractivity (Wildman–Crippen MR) is 207 cm³/mol. The van der Waals surface area contributed by atoms with Gasteiger partial charge in [0, 0.05) is 16.5 Å². The number of hydrazine groups is 1. The van der Waals surface area contributed by atoms with E-state index in [1.54, 1.807) is 81.6 Å². The highest BCUT2D eigenvalue weighted by atomic mass is 35.5. The van der Waals surface area contributed by atoms with Crippen molar-refractivity contribution in [2.24, 2.45) is 23.7 Å². The number of phenolic OH excluding ortho intramolecular Hbond substituents is 1. The second-order valence-corrected chi connectivity index (χ2v) is 15.7. The van der Waals surface area contributed by atoms with Crippen LogP contribution in [0.3, 0.4) is 0 Å². The molecule has 55 heavy (non-hydrogen) atoms. The summed E-state index contributed by atoms with van der Waals surface area (Å²) < 4.78 is 5.48. The van der Waals surface area contributed by atoms with Gasteiger partial charge in [-0.15, -0.1) is 0 Å². The van der Waals surface area contributed by atoms with Crippen LogP contribution in [0, 0.1) is 37.5 Å². The van der Waals surface area contributed by atoms with E-state index < -0.39 is 52.7 Å². The fourth-order valence-corrected chi connectivity index (χ4v) is 9.92. The molecule has 2 heterocycles. The summed E-state index contributed by atoms with van der Waals surface area (Å²) in [6.07, 6.45) is 2.31. The van der Waals surface area contributed by atoms with Crippen LogP contribution < -0.4 is 15.1 Å². The summed E-state index contributed by atoms with van der Waals surface area (Å²) in [6.45, 7) is 5.00. The van der Waals surface area contributed by atoms with Crippen molar-refractivity contribution in [2.75, 3.05) is 17.4 Å². The molecule has 0 unspecified atom stereocenters. The molecule has 10 nitrogen and oxygen atoms in total. The van der Waals surface area contributed by atoms with E-state index in [1.165, 1.54) is 17.9 Å². The highest BCUT2D eigenvalue weighted by molar-refractivity contribution is 6.36. The number of benzene rings is 4. The van der Waals surface area contributed by atoms with Crippen LogP contribution in [0.25, 0.3) is 0 Å². The Balaban J connectivity index is 1.32. The summed E-state index contributed by atoms with van der Waals surface area (Å²) in [5.41, 5.74) is 5.78. The molecule has 1 saturated carbocycles. The number of aryl methyl sites for hydroxylation is 2. The molecule has 3 fully saturated rings. The van der Waals surface area contributed by atoms with Crippen LogP contribution in [0.1, 0.15) is 58.3 Å². The molecule has 6 atom stereocenters. The topological polar surface area (TPSA) is 133 Å². The van der Waals surface area contributed by atoms with Gasteiger partial charge in [-0.3, -0.25) is 34.3 Å². The minimum absolute atomic E-state index is 0.0960. The first-order valence-corrected chi connectivity index (χ1v) is 18.8. The molecule has 2 aliphatic carbocycles. The zero-order valence-corrected chi connectivity index (χ0v) is 31.9. The van der Waals surface area contributed by atoms with Crippen LogP contribution in [-0.2, 0) is 24.6 Å². The number of methoxy groups -OCH3 is 1. The average molecular weight is 779 g/mol. The van der Waals surface area contributed by atoms with Gasteiger partial charge in [-0.2, -0.15) is 5.01 Å². The summed E-state index contributed by atoms with van der Waals surface area (Å²) in [4.78, 5) is 72.4. The molecule has 8 rings (SSSR count). The number of nitrogens with zero attached hydrogens (tertiary/aromatic N) is 2. The molecule has 4 aromatic carbocycles. The first-order valence-electron chi connectivity index (χ1n) is 18.0. The van der Waals surface area contributed by atoms with E-state index in [4.69, 9.17) is 27.9 Å². The number of Topliss-reactive ketones (excluding diaryl/α,β-unsaturated/α-hetero) is 1. The smallest absolute Gasteiger partial charge is 0.260 e. The number of halogens is 2. The zero-order chi connectivity index (χ0) is 39.1. The van der Waals surface area contributed by atoms with Crippen LogP contribution in [0.2, 0.25) is 10.0 Å². The third kappa shape index (κ3) is 5.48. The Morgan fingerprint density at radius 1 is 0.873 bits per heavy atom. The number of ether oxygens (including phenoxy) is 1. The van der Waals surface area contributed by atoms with Gasteiger partial charge in [0.2, 0.25) is 11.8 Å². The maximum atomic E-state index is 15.5. The minimum atomic E-state index is -1.53. The third-order valence-corrected chi connectivity index (χ3v) is 12.5. The lowest BCUT2D eigenvalue weighted by Crippen LogP contribution is -2.53. The molecule has 2 aliphatic heterocycles. The van der Waals surface area contributed by atoms with E-state index in [2.05, 4.69) is 5.43 Å². The third-order valence-electron chi connectivity index (χ3n) is 12.0. The lowest BCUT2D eigenvalue weighted by Gasteiger charge is -2.50. The molecule has 2 saturated heterocycles. The quantitative estimate of drug-likeness (QED) is 0.111. The van der Waals surface area contributed by atoms with Gasteiger partial charge in [0.15, 0.2) is 5.78 Å². The van der Waals surface area contributed by atoms with Gasteiger partial charge in [0.25, 0.3) is 11.8 Å². The number of hydrogen-bond donors (Lipinski definition) is 2. The van der Waals surface area contributed by atoms with Crippen molar-refractivity contribution in [2.45, 2.75) is 44.9 Å². The SMILES string of the molecule is COc1ccc([C@@]23C(=O)N(Nc4ccc(Cl)cc4Cl)C(=O)[C@@H]2C[C@@H]2C(=CC[C@@H]4C(=O)N(c5ccc(C(C)=O)cc5)C(=O)[C@@H]42)[C@@H]3c2cc(C)c(O)c(C)c2)cc1. The molecule has 4 amide bonds. The summed E-state index contributed by atoms with van der Waals surface area (Å²) in [6, 6.07) is 21.8. The first kappa shape index (κ1) is 36.5. The molecule has 4 aromatic rings. The Morgan fingerprint density at radius 2 is 1.55 bits per heavy atom. The standard InChI is InChI=1S/C43H37Cl2N3O7/c1-21-17-25(18-22(2)38(21)50)37-30-14-15-31-36(41(53)47(39(31)51)28-10-5-24(6-11-28)23(3)49)32(30)20-33-40(52)48(46-35-16-9-27(44)19-34(35)45)42(54)43(33,37)26-7-12-29(55-4)13-8-26/h5-14,16-19,31-33,36-37,46,50H,15,20H2,1-4H3/t31-,32+,33-,36-,37-,43+/m0/s1. The first-order chi connectivity index (χ1) is 26.3. The Bertz CT molecular complexity index is 2340. The summed E-state index contributed by atoms with van der Waals surface area (Å²) in [5.74, 6) is -5.14. The Morgan fingerprint density at radius 3 is 2.16 bits per heavy atom. The number of hydrogen-bond acceptors (Lipinski definition) is 8. The molecule has 0 aromatic heterocycles. The van der Waals surface area contributed by atoms with Crippen molar-refractivity contribution in [3.05, 3.63) is 128 Å². The maximum absolute atomic E-state index is 15.5. The van der Waals surface area contributed by atoms with Crippen molar-refractivity contribution in [1.29, 1.82) is 0 Å². The minimum Gasteiger partial charge on any atom is -0.507 e. The predicted octanol–water partition coefficient (Wildman–Crippen LogP) is 7.72. The van der Waals surface area contributed by atoms with Crippen molar-refractivity contribution in [1.82, 2.24) is 5.01 Å². The fourth-order valence-electron chi connectivity index (χ4n) is 9.47. The number of amides is 4. The molecule has 2 N–H and O–H groups in total. The molecule has 0 bridgehead atoms. The van der Waals surface area contributed by atoms with Gasteiger partial charge in [-0.05, 0) is 116 Å². The Hall–Kier alpha value is -5.45. The Labute approximate surface area is 327 Å². The van der Waals surface area contributed by atoms with E-state index in [0.29, 0.717) is 50.0 Å². The van der Waals surface area contributed by atoms with E-state index in [0.717, 1.165) is 10.6 Å². The lowest BCUT2D eigenvalue weighted by atomic mass is 9.49. The second-order valence-electron chi connectivity index (χ2n) is 14.8. The molecule has 4 aliphatic rings. The molecule has 0 spiro atoms. The number of allylic oxidation sites excluding steroid dienone is 2. The van der Waals surface area contributed by atoms with Gasteiger partial charge in [-0.1, -0.05) is 59.1 Å². The van der Waals surface area contributed by atoms with Crippen LogP contribution in [-0.4, -0.2) is 46.6 Å². The van der Waals surface area contributed by atoms with Crippen molar-refractivity contribution in [3.63, 3.8) is 0 Å². The summed E-state index contributed by atoms with van der Waals surface area (Å²) in [5, 5.41) is 12.5. The zero-order valence-electron chi connectivity index (χ0n) is 30.4. The van der Waals surface area contributed by atoms with E-state index >= 15 is 4.79 Å². The van der Waals surface area contributed by atoms with Crippen LogP contribution >= 0.6 is 23.2 Å².